The minimum Gasteiger partial charge on any atom is -0.396 e. The van der Waals surface area contributed by atoms with E-state index in [1.807, 2.05) is 0 Å². The highest BCUT2D eigenvalue weighted by Gasteiger charge is 1.95. The molecule has 0 bridgehead atoms. The molecule has 0 saturated carbocycles. The first-order chi connectivity index (χ1) is 9.81. The lowest BCUT2D eigenvalue weighted by atomic mass is 10.1. The highest BCUT2D eigenvalue weighted by Crippen LogP contribution is 2.11. The summed E-state index contributed by atoms with van der Waals surface area (Å²) in [6.07, 6.45) is 15.4. The van der Waals surface area contributed by atoms with Crippen molar-refractivity contribution in [1.82, 2.24) is 0 Å². The van der Waals surface area contributed by atoms with Gasteiger partial charge in [0.1, 0.15) is 6.10 Å². The molecular formula is C18H34O2. The van der Waals surface area contributed by atoms with Crippen molar-refractivity contribution in [1.29, 1.82) is 0 Å². The summed E-state index contributed by atoms with van der Waals surface area (Å²) in [5, 5.41) is 17.9. The number of hydrogen-bond donors (Lipinski definition) is 2. The smallest absolute Gasteiger partial charge is 0.116 e. The molecule has 0 fully saturated rings. The standard InChI is InChI=1S/C18H34O2/c1-2-3-4-5-6-7-8-9-10-11-12-13-14-15-18(20)16-17-19/h18-20H,2-13,16-17H2,1H3. The molecule has 20 heavy (non-hydrogen) atoms. The summed E-state index contributed by atoms with van der Waals surface area (Å²) in [5.41, 5.74) is 0. The molecule has 1 unspecified atom stereocenters. The van der Waals surface area contributed by atoms with Gasteiger partial charge in [-0.1, -0.05) is 77.1 Å². The molecule has 0 radical (unpaired) electrons. The molecule has 0 aromatic carbocycles. The summed E-state index contributed by atoms with van der Waals surface area (Å²) >= 11 is 0. The van der Waals surface area contributed by atoms with Crippen LogP contribution in [-0.2, 0) is 0 Å². The van der Waals surface area contributed by atoms with E-state index in [-0.39, 0.29) is 6.61 Å². The van der Waals surface area contributed by atoms with Crippen molar-refractivity contribution in [3.05, 3.63) is 0 Å². The molecule has 0 amide bonds. The first-order valence-electron chi connectivity index (χ1n) is 8.58. The molecule has 0 spiro atoms. The molecule has 2 heteroatoms. The molecule has 1 atom stereocenters. The second-order valence-electron chi connectivity index (χ2n) is 5.63. The van der Waals surface area contributed by atoms with E-state index in [1.54, 1.807) is 0 Å². The van der Waals surface area contributed by atoms with E-state index >= 15 is 0 Å². The normalized spacial score (nSPS) is 11.9. The zero-order chi connectivity index (χ0) is 14.9. The van der Waals surface area contributed by atoms with Crippen LogP contribution in [-0.4, -0.2) is 22.9 Å². The second-order valence-corrected chi connectivity index (χ2v) is 5.63. The van der Waals surface area contributed by atoms with Gasteiger partial charge in [-0.25, -0.2) is 0 Å². The molecule has 118 valence electrons. The van der Waals surface area contributed by atoms with Gasteiger partial charge in [-0.2, -0.15) is 0 Å². The van der Waals surface area contributed by atoms with Gasteiger partial charge >= 0.3 is 0 Å². The van der Waals surface area contributed by atoms with Crippen molar-refractivity contribution >= 4 is 0 Å². The van der Waals surface area contributed by atoms with Crippen molar-refractivity contribution in [2.75, 3.05) is 6.61 Å². The highest BCUT2D eigenvalue weighted by molar-refractivity contribution is 5.04. The SMILES string of the molecule is CCCCCCCCCCCCCC#CC(O)CCO. The van der Waals surface area contributed by atoms with Crippen LogP contribution in [0.4, 0.5) is 0 Å². The van der Waals surface area contributed by atoms with Gasteiger partial charge in [0.05, 0.1) is 0 Å². The van der Waals surface area contributed by atoms with Gasteiger partial charge in [-0.05, 0) is 6.42 Å². The molecule has 0 aliphatic heterocycles. The van der Waals surface area contributed by atoms with Gasteiger partial charge in [0.15, 0.2) is 0 Å². The maximum Gasteiger partial charge on any atom is 0.116 e. The van der Waals surface area contributed by atoms with Gasteiger partial charge in [-0.3, -0.25) is 0 Å². The number of aliphatic hydroxyl groups is 2. The summed E-state index contributed by atoms with van der Waals surface area (Å²) in [6.45, 7) is 2.27. The van der Waals surface area contributed by atoms with Crippen molar-refractivity contribution < 1.29 is 10.2 Å². The van der Waals surface area contributed by atoms with Crippen molar-refractivity contribution in [2.45, 2.75) is 96.5 Å². The first-order valence-corrected chi connectivity index (χ1v) is 8.58. The zero-order valence-electron chi connectivity index (χ0n) is 13.4. The fourth-order valence-corrected chi connectivity index (χ4v) is 2.26. The van der Waals surface area contributed by atoms with E-state index < -0.39 is 6.10 Å². The van der Waals surface area contributed by atoms with E-state index in [1.165, 1.54) is 64.2 Å². The second kappa shape index (κ2) is 16.5. The monoisotopic (exact) mass is 282 g/mol. The predicted molar refractivity (Wildman–Crippen MR) is 86.6 cm³/mol. The van der Waals surface area contributed by atoms with Crippen LogP contribution in [0.2, 0.25) is 0 Å². The van der Waals surface area contributed by atoms with E-state index in [9.17, 15) is 5.11 Å². The van der Waals surface area contributed by atoms with Gasteiger partial charge in [0.25, 0.3) is 0 Å². The number of unbranched alkanes of at least 4 members (excludes halogenated alkanes) is 11. The Morgan fingerprint density at radius 3 is 1.80 bits per heavy atom. The average Bonchev–Trinajstić information content (AvgIpc) is 2.44. The maximum atomic E-state index is 9.29. The van der Waals surface area contributed by atoms with Crippen LogP contribution in [0, 0.1) is 11.8 Å². The van der Waals surface area contributed by atoms with E-state index in [0.29, 0.717) is 6.42 Å². The Hall–Kier alpha value is -0.520. The van der Waals surface area contributed by atoms with Crippen molar-refractivity contribution in [2.24, 2.45) is 0 Å². The first kappa shape index (κ1) is 19.5. The van der Waals surface area contributed by atoms with E-state index in [4.69, 9.17) is 5.11 Å². The van der Waals surface area contributed by atoms with Crippen molar-refractivity contribution in [3.8, 4) is 11.8 Å². The minimum atomic E-state index is -0.646. The molecule has 2 nitrogen and oxygen atoms in total. The number of hydrogen-bond acceptors (Lipinski definition) is 2. The zero-order valence-corrected chi connectivity index (χ0v) is 13.4. The van der Waals surface area contributed by atoms with E-state index in [0.717, 1.165) is 12.8 Å². The maximum absolute atomic E-state index is 9.29. The van der Waals surface area contributed by atoms with E-state index in [2.05, 4.69) is 18.8 Å². The van der Waals surface area contributed by atoms with Crippen LogP contribution in [0.5, 0.6) is 0 Å². The summed E-state index contributed by atoms with van der Waals surface area (Å²) in [5.74, 6) is 5.75. The molecule has 0 aromatic rings. The third-order valence-electron chi connectivity index (χ3n) is 3.58. The largest absolute Gasteiger partial charge is 0.396 e. The Morgan fingerprint density at radius 1 is 0.800 bits per heavy atom. The van der Waals surface area contributed by atoms with Gasteiger partial charge in [-0.15, -0.1) is 5.92 Å². The predicted octanol–water partition coefficient (Wildman–Crippen LogP) is 4.43. The lowest BCUT2D eigenvalue weighted by Gasteiger charge is -2.01. The summed E-state index contributed by atoms with van der Waals surface area (Å²) in [6, 6.07) is 0. The Labute approximate surface area is 126 Å². The minimum absolute atomic E-state index is 0.00823. The fraction of sp³-hybridized carbons (Fsp3) is 0.889. The molecule has 0 saturated heterocycles. The van der Waals surface area contributed by atoms with Crippen LogP contribution >= 0.6 is 0 Å². The Morgan fingerprint density at radius 2 is 1.30 bits per heavy atom. The lowest BCUT2D eigenvalue weighted by molar-refractivity contribution is 0.177. The summed E-state index contributed by atoms with van der Waals surface area (Å²) < 4.78 is 0. The van der Waals surface area contributed by atoms with Crippen molar-refractivity contribution in [3.63, 3.8) is 0 Å². The summed E-state index contributed by atoms with van der Waals surface area (Å²) in [4.78, 5) is 0. The van der Waals surface area contributed by atoms with Crippen LogP contribution in [0.3, 0.4) is 0 Å². The highest BCUT2D eigenvalue weighted by atomic mass is 16.3. The third kappa shape index (κ3) is 15.5. The molecular weight excluding hydrogens is 248 g/mol. The quantitative estimate of drug-likeness (QED) is 0.387. The molecule has 0 aromatic heterocycles. The van der Waals surface area contributed by atoms with Crippen LogP contribution < -0.4 is 0 Å². The Bertz CT molecular complexity index is 240. The number of rotatable bonds is 13. The van der Waals surface area contributed by atoms with Crippen LogP contribution in [0.1, 0.15) is 90.4 Å². The number of aliphatic hydroxyl groups excluding tert-OH is 2. The molecule has 0 aliphatic rings. The molecule has 0 aliphatic carbocycles. The van der Waals surface area contributed by atoms with Gasteiger partial charge in [0.2, 0.25) is 0 Å². The third-order valence-corrected chi connectivity index (χ3v) is 3.58. The lowest BCUT2D eigenvalue weighted by Crippen LogP contribution is -2.04. The Balaban J connectivity index is 3.13. The average molecular weight is 282 g/mol. The summed E-state index contributed by atoms with van der Waals surface area (Å²) in [7, 11) is 0. The molecule has 0 heterocycles. The Kier molecular flexibility index (Phi) is 16.1. The van der Waals surface area contributed by atoms with Crippen LogP contribution in [0.15, 0.2) is 0 Å². The van der Waals surface area contributed by atoms with Gasteiger partial charge < -0.3 is 10.2 Å². The van der Waals surface area contributed by atoms with Crippen LogP contribution in [0.25, 0.3) is 0 Å². The molecule has 2 N–H and O–H groups in total. The topological polar surface area (TPSA) is 40.5 Å². The fourth-order valence-electron chi connectivity index (χ4n) is 2.26. The van der Waals surface area contributed by atoms with Gasteiger partial charge in [0, 0.05) is 19.4 Å². The molecule has 0 rings (SSSR count).